The third kappa shape index (κ3) is 0.917. The summed E-state index contributed by atoms with van der Waals surface area (Å²) in [5, 5.41) is 0. The molecular formula is C7H7B. The molecule has 0 unspecified atom stereocenters. The molecule has 1 heteroatoms. The summed E-state index contributed by atoms with van der Waals surface area (Å²) in [6, 6.07) is 7.80. The van der Waals surface area contributed by atoms with Crippen LogP contribution in [0.3, 0.4) is 0 Å². The molecule has 2 radical (unpaired) electrons. The third-order valence-corrected chi connectivity index (χ3v) is 1.19. The van der Waals surface area contributed by atoms with Crippen LogP contribution in [0.25, 0.3) is 0 Å². The highest BCUT2D eigenvalue weighted by molar-refractivity contribution is 6.33. The van der Waals surface area contributed by atoms with Crippen molar-refractivity contribution in [2.75, 3.05) is 0 Å². The number of hydrogen-bond acceptors (Lipinski definition) is 0. The van der Waals surface area contributed by atoms with Crippen LogP contribution in [-0.2, 0) is 0 Å². The lowest BCUT2D eigenvalue weighted by Crippen LogP contribution is -2.04. The highest BCUT2D eigenvalue weighted by Gasteiger charge is 1.83. The normalized spacial score (nSPS) is 9.12. The van der Waals surface area contributed by atoms with Crippen LogP contribution in [0.1, 0.15) is 5.56 Å². The molecule has 0 bridgehead atoms. The van der Waals surface area contributed by atoms with Crippen molar-refractivity contribution < 1.29 is 0 Å². The van der Waals surface area contributed by atoms with Gasteiger partial charge in [0.15, 0.2) is 0 Å². The fraction of sp³-hybridized carbons (Fsp3) is 0.143. The molecule has 0 fully saturated rings. The van der Waals surface area contributed by atoms with Gasteiger partial charge in [-0.15, -0.1) is 0 Å². The summed E-state index contributed by atoms with van der Waals surface area (Å²) in [7, 11) is 5.52. The van der Waals surface area contributed by atoms with E-state index in [4.69, 9.17) is 7.85 Å². The highest BCUT2D eigenvalue weighted by atomic mass is 13.8. The van der Waals surface area contributed by atoms with Gasteiger partial charge in [-0.2, -0.15) is 0 Å². The molecule has 0 saturated heterocycles. The van der Waals surface area contributed by atoms with Crippen LogP contribution in [-0.4, -0.2) is 7.85 Å². The lowest BCUT2D eigenvalue weighted by molar-refractivity contribution is 1.52. The van der Waals surface area contributed by atoms with E-state index in [1.165, 1.54) is 0 Å². The average molecular weight is 102 g/mol. The maximum absolute atomic E-state index is 5.52. The molecule has 8 heavy (non-hydrogen) atoms. The Hall–Kier alpha value is -0.715. The zero-order valence-electron chi connectivity index (χ0n) is 4.89. The van der Waals surface area contributed by atoms with Crippen molar-refractivity contribution in [3.05, 3.63) is 29.8 Å². The fourth-order valence-corrected chi connectivity index (χ4v) is 0.587. The molecule has 0 spiro atoms. The quantitative estimate of drug-likeness (QED) is 0.425. The molecule has 0 aliphatic rings. The van der Waals surface area contributed by atoms with Gasteiger partial charge in [-0.05, 0) is 6.92 Å². The fourth-order valence-electron chi connectivity index (χ4n) is 0.587. The second-order valence-corrected chi connectivity index (χ2v) is 1.86. The van der Waals surface area contributed by atoms with E-state index in [0.29, 0.717) is 0 Å². The third-order valence-electron chi connectivity index (χ3n) is 1.19. The minimum absolute atomic E-state index is 0.868. The van der Waals surface area contributed by atoms with E-state index in [1.54, 1.807) is 0 Å². The van der Waals surface area contributed by atoms with Gasteiger partial charge in [0.25, 0.3) is 0 Å². The maximum atomic E-state index is 5.52. The molecule has 0 N–H and O–H groups in total. The van der Waals surface area contributed by atoms with Gasteiger partial charge in [-0.1, -0.05) is 35.3 Å². The van der Waals surface area contributed by atoms with E-state index in [2.05, 4.69) is 0 Å². The van der Waals surface area contributed by atoms with Crippen LogP contribution >= 0.6 is 0 Å². The zero-order chi connectivity index (χ0) is 5.98. The van der Waals surface area contributed by atoms with E-state index in [-0.39, 0.29) is 0 Å². The monoisotopic (exact) mass is 102 g/mol. The van der Waals surface area contributed by atoms with Crippen LogP contribution in [0.5, 0.6) is 0 Å². The van der Waals surface area contributed by atoms with E-state index < -0.39 is 0 Å². The van der Waals surface area contributed by atoms with Gasteiger partial charge in [0, 0.05) is 0 Å². The molecule has 0 aromatic heterocycles. The lowest BCUT2D eigenvalue weighted by atomic mass is 9.92. The first-order valence-electron chi connectivity index (χ1n) is 2.62. The predicted octanol–water partition coefficient (Wildman–Crippen LogP) is 0.789. The zero-order valence-corrected chi connectivity index (χ0v) is 4.89. The summed E-state index contributed by atoms with van der Waals surface area (Å²) in [5.41, 5.74) is 2.01. The predicted molar refractivity (Wildman–Crippen MR) is 36.6 cm³/mol. The summed E-state index contributed by atoms with van der Waals surface area (Å²) in [4.78, 5) is 0. The van der Waals surface area contributed by atoms with Crippen LogP contribution in [0.2, 0.25) is 0 Å². The molecule has 1 rings (SSSR count). The average Bonchev–Trinajstić information content (AvgIpc) is 1.77. The van der Waals surface area contributed by atoms with Crippen molar-refractivity contribution in [2.45, 2.75) is 6.92 Å². The first-order valence-corrected chi connectivity index (χ1v) is 2.62. The molecule has 0 saturated carbocycles. The summed E-state index contributed by atoms with van der Waals surface area (Å²) in [5.74, 6) is 0. The van der Waals surface area contributed by atoms with E-state index in [9.17, 15) is 0 Å². The first kappa shape index (κ1) is 5.42. The topological polar surface area (TPSA) is 0 Å². The van der Waals surface area contributed by atoms with Crippen molar-refractivity contribution >= 4 is 13.3 Å². The summed E-state index contributed by atoms with van der Waals surface area (Å²) < 4.78 is 0. The van der Waals surface area contributed by atoms with Crippen molar-refractivity contribution in [3.63, 3.8) is 0 Å². The van der Waals surface area contributed by atoms with Gasteiger partial charge in [-0.3, -0.25) is 0 Å². The minimum atomic E-state index is 0.868. The largest absolute Gasteiger partial charge is 0.114 e. The van der Waals surface area contributed by atoms with Gasteiger partial charge in [0.2, 0.25) is 0 Å². The summed E-state index contributed by atoms with van der Waals surface area (Å²) >= 11 is 0. The van der Waals surface area contributed by atoms with Gasteiger partial charge in [-0.25, -0.2) is 0 Å². The molecule has 0 nitrogen and oxygen atoms in total. The SMILES string of the molecule is [B]c1ccccc1C. The molecule has 0 aliphatic heterocycles. The number of hydrogen-bond donors (Lipinski definition) is 0. The smallest absolute Gasteiger partial charge is 0.0938 e. The van der Waals surface area contributed by atoms with Crippen LogP contribution in [0.15, 0.2) is 24.3 Å². The van der Waals surface area contributed by atoms with Crippen molar-refractivity contribution in [1.82, 2.24) is 0 Å². The van der Waals surface area contributed by atoms with Gasteiger partial charge >= 0.3 is 0 Å². The summed E-state index contributed by atoms with van der Waals surface area (Å²) in [6.45, 7) is 2.00. The Morgan fingerprint density at radius 1 is 1.25 bits per heavy atom. The van der Waals surface area contributed by atoms with Crippen molar-refractivity contribution in [3.8, 4) is 0 Å². The summed E-state index contributed by atoms with van der Waals surface area (Å²) in [6.07, 6.45) is 0. The maximum Gasteiger partial charge on any atom is 0.114 e. The Kier molecular flexibility index (Phi) is 1.38. The Morgan fingerprint density at radius 2 is 1.88 bits per heavy atom. The molecule has 0 heterocycles. The van der Waals surface area contributed by atoms with Crippen LogP contribution < -0.4 is 5.46 Å². The molecular weight excluding hydrogens is 94.9 g/mol. The standard InChI is InChI=1S/C7H7B/c1-6-4-2-3-5-7(6)8/h2-5H,1H3. The highest BCUT2D eigenvalue weighted by Crippen LogP contribution is 1.88. The van der Waals surface area contributed by atoms with E-state index >= 15 is 0 Å². The Bertz CT molecular complexity index is 160. The Balaban J connectivity index is 3.13. The Morgan fingerprint density at radius 3 is 2.25 bits per heavy atom. The van der Waals surface area contributed by atoms with Gasteiger partial charge in [0.1, 0.15) is 7.85 Å². The molecule has 38 valence electrons. The Labute approximate surface area is 50.9 Å². The number of benzene rings is 1. The number of aryl methyl sites for hydroxylation is 1. The molecule has 0 aliphatic carbocycles. The van der Waals surface area contributed by atoms with Crippen molar-refractivity contribution in [2.24, 2.45) is 0 Å². The molecule has 0 amide bonds. The number of rotatable bonds is 0. The van der Waals surface area contributed by atoms with Crippen LogP contribution in [0, 0.1) is 6.92 Å². The second kappa shape index (κ2) is 2.04. The van der Waals surface area contributed by atoms with Crippen LogP contribution in [0.4, 0.5) is 0 Å². The molecule has 0 atom stereocenters. The van der Waals surface area contributed by atoms with Crippen molar-refractivity contribution in [1.29, 1.82) is 0 Å². The van der Waals surface area contributed by atoms with Gasteiger partial charge < -0.3 is 0 Å². The molecule has 1 aromatic carbocycles. The lowest BCUT2D eigenvalue weighted by Gasteiger charge is -1.94. The second-order valence-electron chi connectivity index (χ2n) is 1.86. The first-order chi connectivity index (χ1) is 3.80. The van der Waals surface area contributed by atoms with Gasteiger partial charge in [0.05, 0.1) is 0 Å². The van der Waals surface area contributed by atoms with E-state index in [0.717, 1.165) is 11.0 Å². The van der Waals surface area contributed by atoms with E-state index in [1.807, 2.05) is 31.2 Å². The molecule has 1 aromatic rings. The minimum Gasteiger partial charge on any atom is -0.0938 e.